The van der Waals surface area contributed by atoms with Crippen LogP contribution in [0.15, 0.2) is 18.2 Å². The van der Waals surface area contributed by atoms with Crippen LogP contribution in [-0.2, 0) is 0 Å². The van der Waals surface area contributed by atoms with Crippen molar-refractivity contribution in [1.82, 2.24) is 9.97 Å². The molecule has 0 radical (unpaired) electrons. The van der Waals surface area contributed by atoms with E-state index in [-0.39, 0.29) is 21.6 Å². The van der Waals surface area contributed by atoms with Crippen molar-refractivity contribution < 1.29 is 9.53 Å². The van der Waals surface area contributed by atoms with Crippen molar-refractivity contribution in [3.8, 4) is 5.88 Å². The highest BCUT2D eigenvalue weighted by Gasteiger charge is 2.16. The number of aromatic nitrogens is 2. The van der Waals surface area contributed by atoms with Crippen LogP contribution in [0.4, 0.5) is 11.6 Å². The molecular weight excluding hydrogens is 315 g/mol. The number of nitrogens with one attached hydrogen (secondary N) is 1. The summed E-state index contributed by atoms with van der Waals surface area (Å²) in [6, 6.07) is 4.53. The van der Waals surface area contributed by atoms with Crippen LogP contribution < -0.4 is 15.8 Å². The van der Waals surface area contributed by atoms with Gasteiger partial charge in [0.15, 0.2) is 0 Å². The van der Waals surface area contributed by atoms with Crippen molar-refractivity contribution in [3.05, 3.63) is 39.5 Å². The molecular formula is C13H12Cl2N4O2. The minimum atomic E-state index is -0.512. The summed E-state index contributed by atoms with van der Waals surface area (Å²) in [5.41, 5.74) is 6.78. The normalized spacial score (nSPS) is 10.3. The number of nitrogen functional groups attached to an aromatic ring is 1. The topological polar surface area (TPSA) is 90.1 Å². The molecule has 0 saturated heterocycles. The Hall–Kier alpha value is -2.05. The Morgan fingerprint density at radius 3 is 2.67 bits per heavy atom. The molecule has 0 bridgehead atoms. The van der Waals surface area contributed by atoms with E-state index < -0.39 is 5.91 Å². The number of nitrogens with two attached hydrogens (primary N) is 1. The second-order valence-electron chi connectivity index (χ2n) is 4.19. The number of benzene rings is 1. The maximum atomic E-state index is 12.2. The number of methoxy groups -OCH3 is 1. The summed E-state index contributed by atoms with van der Waals surface area (Å²) >= 11 is 11.9. The third kappa shape index (κ3) is 3.53. The fourth-order valence-electron chi connectivity index (χ4n) is 1.64. The summed E-state index contributed by atoms with van der Waals surface area (Å²) in [5, 5.41) is 2.84. The molecule has 2 rings (SSSR count). The zero-order chi connectivity index (χ0) is 15.6. The fraction of sp³-hybridized carbons (Fsp3) is 0.154. The molecule has 0 aliphatic rings. The van der Waals surface area contributed by atoms with Crippen LogP contribution in [0.1, 0.15) is 16.1 Å². The second kappa shape index (κ2) is 6.15. The Kier molecular flexibility index (Phi) is 4.50. The lowest BCUT2D eigenvalue weighted by Crippen LogP contribution is -2.15. The number of halogens is 2. The minimum Gasteiger partial charge on any atom is -0.481 e. The molecule has 1 amide bonds. The summed E-state index contributed by atoms with van der Waals surface area (Å²) < 4.78 is 5.02. The van der Waals surface area contributed by atoms with Gasteiger partial charge in [-0.05, 0) is 19.1 Å². The predicted octanol–water partition coefficient (Wildman–Crippen LogP) is 2.93. The molecule has 1 aromatic carbocycles. The molecule has 0 aliphatic heterocycles. The van der Waals surface area contributed by atoms with Crippen molar-refractivity contribution in [2.75, 3.05) is 18.2 Å². The van der Waals surface area contributed by atoms with Crippen LogP contribution in [0.2, 0.25) is 10.0 Å². The lowest BCUT2D eigenvalue weighted by atomic mass is 10.2. The van der Waals surface area contributed by atoms with Crippen LogP contribution in [0.3, 0.4) is 0 Å². The molecule has 1 heterocycles. The molecule has 21 heavy (non-hydrogen) atoms. The van der Waals surface area contributed by atoms with E-state index >= 15 is 0 Å². The SMILES string of the molecule is COc1cc(C)nc(NC(=O)c2cc(N)cc(Cl)c2Cl)n1. The third-order valence-corrected chi connectivity index (χ3v) is 3.36. The zero-order valence-electron chi connectivity index (χ0n) is 11.3. The smallest absolute Gasteiger partial charge is 0.259 e. The summed E-state index contributed by atoms with van der Waals surface area (Å²) in [6.07, 6.45) is 0. The van der Waals surface area contributed by atoms with E-state index in [2.05, 4.69) is 15.3 Å². The van der Waals surface area contributed by atoms with E-state index in [4.69, 9.17) is 33.7 Å². The quantitative estimate of drug-likeness (QED) is 0.846. The van der Waals surface area contributed by atoms with Gasteiger partial charge in [0.1, 0.15) is 0 Å². The Morgan fingerprint density at radius 1 is 1.29 bits per heavy atom. The van der Waals surface area contributed by atoms with Gasteiger partial charge in [-0.25, -0.2) is 4.98 Å². The molecule has 3 N–H and O–H groups in total. The summed E-state index contributed by atoms with van der Waals surface area (Å²) in [5.74, 6) is -0.0668. The van der Waals surface area contributed by atoms with Crippen molar-refractivity contribution in [2.45, 2.75) is 6.92 Å². The van der Waals surface area contributed by atoms with Crippen LogP contribution in [0, 0.1) is 6.92 Å². The number of amides is 1. The number of nitrogens with zero attached hydrogens (tertiary/aromatic N) is 2. The largest absolute Gasteiger partial charge is 0.481 e. The standard InChI is InChI=1S/C13H12Cl2N4O2/c1-6-3-10(21-2)18-13(17-6)19-12(20)8-4-7(16)5-9(14)11(8)15/h3-5H,16H2,1-2H3,(H,17,18,19,20). The van der Waals surface area contributed by atoms with Gasteiger partial charge in [-0.15, -0.1) is 0 Å². The molecule has 0 unspecified atom stereocenters. The fourth-order valence-corrected chi connectivity index (χ4v) is 2.07. The van der Waals surface area contributed by atoms with Crippen LogP contribution >= 0.6 is 23.2 Å². The van der Waals surface area contributed by atoms with Crippen molar-refractivity contribution >= 4 is 40.7 Å². The average Bonchev–Trinajstić information content (AvgIpc) is 2.41. The first kappa shape index (κ1) is 15.3. The van der Waals surface area contributed by atoms with E-state index in [9.17, 15) is 4.79 Å². The Bertz CT molecular complexity index is 707. The van der Waals surface area contributed by atoms with Gasteiger partial charge in [0.2, 0.25) is 11.8 Å². The third-order valence-electron chi connectivity index (χ3n) is 2.56. The first-order valence-electron chi connectivity index (χ1n) is 5.86. The van der Waals surface area contributed by atoms with Crippen molar-refractivity contribution in [3.63, 3.8) is 0 Å². The van der Waals surface area contributed by atoms with Crippen LogP contribution in [-0.4, -0.2) is 23.0 Å². The molecule has 0 saturated carbocycles. The van der Waals surface area contributed by atoms with Gasteiger partial charge in [0, 0.05) is 17.4 Å². The number of carbonyl (C=O) groups excluding carboxylic acids is 1. The molecule has 110 valence electrons. The number of hydrogen-bond donors (Lipinski definition) is 2. The first-order valence-corrected chi connectivity index (χ1v) is 6.62. The number of rotatable bonds is 3. The monoisotopic (exact) mass is 326 g/mol. The molecule has 0 spiro atoms. The maximum absolute atomic E-state index is 12.2. The molecule has 0 fully saturated rings. The van der Waals surface area contributed by atoms with Crippen molar-refractivity contribution in [2.24, 2.45) is 0 Å². The number of carbonyl (C=O) groups is 1. The van der Waals surface area contributed by atoms with E-state index in [1.165, 1.54) is 19.2 Å². The van der Waals surface area contributed by atoms with Gasteiger partial charge in [-0.2, -0.15) is 4.98 Å². The van der Waals surface area contributed by atoms with Gasteiger partial charge >= 0.3 is 0 Å². The van der Waals surface area contributed by atoms with Gasteiger partial charge in [-0.1, -0.05) is 23.2 Å². The average molecular weight is 327 g/mol. The molecule has 0 aliphatic carbocycles. The molecule has 0 atom stereocenters. The van der Waals surface area contributed by atoms with Gasteiger partial charge in [-0.3, -0.25) is 10.1 Å². The highest BCUT2D eigenvalue weighted by atomic mass is 35.5. The highest BCUT2D eigenvalue weighted by Crippen LogP contribution is 2.29. The molecule has 1 aromatic heterocycles. The van der Waals surface area contributed by atoms with E-state index in [0.717, 1.165) is 0 Å². The molecule has 2 aromatic rings. The number of aryl methyl sites for hydroxylation is 1. The van der Waals surface area contributed by atoms with Gasteiger partial charge < -0.3 is 10.5 Å². The maximum Gasteiger partial charge on any atom is 0.259 e. The van der Waals surface area contributed by atoms with Crippen molar-refractivity contribution in [1.29, 1.82) is 0 Å². The summed E-state index contributed by atoms with van der Waals surface area (Å²) in [4.78, 5) is 20.3. The van der Waals surface area contributed by atoms with Gasteiger partial charge in [0.05, 0.1) is 22.7 Å². The number of ether oxygens (including phenoxy) is 1. The number of hydrogen-bond acceptors (Lipinski definition) is 5. The van der Waals surface area contributed by atoms with Gasteiger partial charge in [0.25, 0.3) is 5.91 Å². The Labute approximate surface area is 131 Å². The number of anilines is 2. The van der Waals surface area contributed by atoms with E-state index in [0.29, 0.717) is 17.3 Å². The summed E-state index contributed by atoms with van der Waals surface area (Å²) in [7, 11) is 1.47. The predicted molar refractivity (Wildman–Crippen MR) is 82.1 cm³/mol. The molecule has 6 nitrogen and oxygen atoms in total. The van der Waals surface area contributed by atoms with E-state index in [1.54, 1.807) is 13.0 Å². The first-order chi connectivity index (χ1) is 9.90. The van der Waals surface area contributed by atoms with E-state index in [1.807, 2.05) is 0 Å². The van der Waals surface area contributed by atoms with Crippen LogP contribution in [0.25, 0.3) is 0 Å². The highest BCUT2D eigenvalue weighted by molar-refractivity contribution is 6.44. The Morgan fingerprint density at radius 2 is 2.00 bits per heavy atom. The Balaban J connectivity index is 2.32. The minimum absolute atomic E-state index is 0.103. The van der Waals surface area contributed by atoms with Crippen LogP contribution in [0.5, 0.6) is 5.88 Å². The lowest BCUT2D eigenvalue weighted by Gasteiger charge is -2.09. The second-order valence-corrected chi connectivity index (χ2v) is 4.98. The molecule has 8 heteroatoms. The summed E-state index contributed by atoms with van der Waals surface area (Å²) in [6.45, 7) is 1.75. The lowest BCUT2D eigenvalue weighted by molar-refractivity contribution is 0.102. The zero-order valence-corrected chi connectivity index (χ0v) is 12.8.